The van der Waals surface area contributed by atoms with Crippen molar-refractivity contribution in [3.63, 3.8) is 0 Å². The Morgan fingerprint density at radius 2 is 2.06 bits per heavy atom. The highest BCUT2D eigenvalue weighted by Gasteiger charge is 2.17. The van der Waals surface area contributed by atoms with E-state index in [4.69, 9.17) is 5.11 Å². The SMILES string of the molecule is O=C(O)c1c(-c2cccc(Br)c2)csc1Br. The zero-order chi connectivity index (χ0) is 11.7. The van der Waals surface area contributed by atoms with Crippen LogP contribution >= 0.6 is 43.2 Å². The van der Waals surface area contributed by atoms with E-state index in [1.807, 2.05) is 29.6 Å². The van der Waals surface area contributed by atoms with Gasteiger partial charge in [-0.15, -0.1) is 11.3 Å². The fraction of sp³-hybridized carbons (Fsp3) is 0. The van der Waals surface area contributed by atoms with Crippen LogP contribution in [0.25, 0.3) is 11.1 Å². The molecule has 0 aliphatic rings. The molecule has 0 bridgehead atoms. The summed E-state index contributed by atoms with van der Waals surface area (Å²) in [6.07, 6.45) is 0. The molecular weight excluding hydrogens is 356 g/mol. The van der Waals surface area contributed by atoms with E-state index in [2.05, 4.69) is 31.9 Å². The fourth-order valence-electron chi connectivity index (χ4n) is 1.40. The average molecular weight is 362 g/mol. The van der Waals surface area contributed by atoms with Gasteiger partial charge in [-0.25, -0.2) is 4.79 Å². The molecule has 1 heterocycles. The Morgan fingerprint density at radius 3 is 2.69 bits per heavy atom. The van der Waals surface area contributed by atoms with Crippen LogP contribution in [0.5, 0.6) is 0 Å². The number of carboxylic acid groups (broad SMARTS) is 1. The molecule has 5 heteroatoms. The second-order valence-electron chi connectivity index (χ2n) is 3.11. The topological polar surface area (TPSA) is 37.3 Å². The zero-order valence-electron chi connectivity index (χ0n) is 7.91. The van der Waals surface area contributed by atoms with Crippen LogP contribution in [0, 0.1) is 0 Å². The van der Waals surface area contributed by atoms with Gasteiger partial charge in [0.05, 0.1) is 9.35 Å². The Morgan fingerprint density at radius 1 is 1.31 bits per heavy atom. The third-order valence-corrected chi connectivity index (χ3v) is 4.31. The number of benzene rings is 1. The van der Waals surface area contributed by atoms with E-state index >= 15 is 0 Å². The highest BCUT2D eigenvalue weighted by molar-refractivity contribution is 9.11. The van der Waals surface area contributed by atoms with E-state index in [0.717, 1.165) is 15.6 Å². The van der Waals surface area contributed by atoms with Crippen LogP contribution in [0.4, 0.5) is 0 Å². The number of carboxylic acids is 1. The van der Waals surface area contributed by atoms with Crippen molar-refractivity contribution in [1.29, 1.82) is 0 Å². The van der Waals surface area contributed by atoms with Gasteiger partial charge in [0, 0.05) is 15.4 Å². The van der Waals surface area contributed by atoms with Gasteiger partial charge in [-0.3, -0.25) is 0 Å². The predicted octanol–water partition coefficient (Wildman–Crippen LogP) is 4.64. The predicted molar refractivity (Wildman–Crippen MR) is 72.1 cm³/mol. The number of hydrogen-bond donors (Lipinski definition) is 1. The molecular formula is C11H6Br2O2S. The fourth-order valence-corrected chi connectivity index (χ4v) is 3.26. The number of thiophene rings is 1. The third-order valence-electron chi connectivity index (χ3n) is 2.10. The van der Waals surface area contributed by atoms with E-state index in [1.54, 1.807) is 0 Å². The molecule has 1 N–H and O–H groups in total. The van der Waals surface area contributed by atoms with Gasteiger partial charge in [-0.2, -0.15) is 0 Å². The van der Waals surface area contributed by atoms with Crippen LogP contribution in [0.1, 0.15) is 10.4 Å². The summed E-state index contributed by atoms with van der Waals surface area (Å²) in [6, 6.07) is 7.59. The largest absolute Gasteiger partial charge is 0.478 e. The molecule has 2 nitrogen and oxygen atoms in total. The maximum absolute atomic E-state index is 11.1. The number of rotatable bonds is 2. The molecule has 0 saturated heterocycles. The molecule has 2 aromatic rings. The van der Waals surface area contributed by atoms with Crippen molar-refractivity contribution in [3.8, 4) is 11.1 Å². The van der Waals surface area contributed by atoms with Crippen molar-refractivity contribution in [1.82, 2.24) is 0 Å². The molecule has 82 valence electrons. The molecule has 0 fully saturated rings. The van der Waals surface area contributed by atoms with Crippen LogP contribution in [-0.2, 0) is 0 Å². The van der Waals surface area contributed by atoms with Crippen molar-refractivity contribution in [3.05, 3.63) is 43.5 Å². The quantitative estimate of drug-likeness (QED) is 0.846. The Balaban J connectivity index is 2.60. The molecule has 2 rings (SSSR count). The van der Waals surface area contributed by atoms with Crippen LogP contribution < -0.4 is 0 Å². The van der Waals surface area contributed by atoms with Crippen molar-refractivity contribution >= 4 is 49.2 Å². The Hall–Kier alpha value is -0.650. The molecule has 1 aromatic heterocycles. The lowest BCUT2D eigenvalue weighted by Gasteiger charge is -2.01. The molecule has 16 heavy (non-hydrogen) atoms. The second-order valence-corrected chi connectivity index (χ2v) is 6.23. The number of aromatic carboxylic acids is 1. The van der Waals surface area contributed by atoms with E-state index in [9.17, 15) is 4.79 Å². The highest BCUT2D eigenvalue weighted by Crippen LogP contribution is 2.35. The minimum absolute atomic E-state index is 0.322. The van der Waals surface area contributed by atoms with Crippen LogP contribution in [-0.4, -0.2) is 11.1 Å². The lowest BCUT2D eigenvalue weighted by molar-refractivity contribution is 0.0697. The Bertz CT molecular complexity index is 549. The number of halogens is 2. The molecule has 0 atom stereocenters. The van der Waals surface area contributed by atoms with Crippen LogP contribution in [0.2, 0.25) is 0 Å². The maximum atomic E-state index is 11.1. The summed E-state index contributed by atoms with van der Waals surface area (Å²) >= 11 is 8.01. The van der Waals surface area contributed by atoms with Gasteiger partial charge in [0.1, 0.15) is 0 Å². The lowest BCUT2D eigenvalue weighted by Crippen LogP contribution is -1.97. The van der Waals surface area contributed by atoms with Crippen molar-refractivity contribution in [2.24, 2.45) is 0 Å². The number of hydrogen-bond acceptors (Lipinski definition) is 2. The second kappa shape index (κ2) is 4.69. The van der Waals surface area contributed by atoms with Gasteiger partial charge >= 0.3 is 5.97 Å². The van der Waals surface area contributed by atoms with Gasteiger partial charge < -0.3 is 5.11 Å². The molecule has 0 spiro atoms. The first kappa shape index (κ1) is 11.8. The Kier molecular flexibility index (Phi) is 3.47. The first-order valence-corrected chi connectivity index (χ1v) is 6.82. The van der Waals surface area contributed by atoms with Gasteiger partial charge in [0.25, 0.3) is 0 Å². The highest BCUT2D eigenvalue weighted by atomic mass is 79.9. The average Bonchev–Trinajstić information content (AvgIpc) is 2.60. The first-order valence-electron chi connectivity index (χ1n) is 4.36. The third kappa shape index (κ3) is 2.21. The standard InChI is InChI=1S/C11H6Br2O2S/c12-7-3-1-2-6(4-7)8-5-16-10(13)9(8)11(14)15/h1-5H,(H,14,15). The van der Waals surface area contributed by atoms with Gasteiger partial charge in [-0.1, -0.05) is 28.1 Å². The van der Waals surface area contributed by atoms with Crippen molar-refractivity contribution < 1.29 is 9.90 Å². The van der Waals surface area contributed by atoms with Crippen molar-refractivity contribution in [2.45, 2.75) is 0 Å². The first-order chi connectivity index (χ1) is 7.59. The summed E-state index contributed by atoms with van der Waals surface area (Å²) in [6.45, 7) is 0. The molecule has 0 radical (unpaired) electrons. The molecule has 0 aliphatic heterocycles. The summed E-state index contributed by atoms with van der Waals surface area (Å²) in [5, 5.41) is 11.0. The molecule has 0 saturated carbocycles. The Labute approximate surface area is 113 Å². The number of carbonyl (C=O) groups is 1. The summed E-state index contributed by atoms with van der Waals surface area (Å²) in [7, 11) is 0. The summed E-state index contributed by atoms with van der Waals surface area (Å²) in [5.74, 6) is -0.914. The minimum Gasteiger partial charge on any atom is -0.478 e. The summed E-state index contributed by atoms with van der Waals surface area (Å²) < 4.78 is 1.58. The zero-order valence-corrected chi connectivity index (χ0v) is 11.9. The molecule has 0 aliphatic carbocycles. The molecule has 0 amide bonds. The molecule has 1 aromatic carbocycles. The smallest absolute Gasteiger partial charge is 0.338 e. The summed E-state index contributed by atoms with van der Waals surface area (Å²) in [4.78, 5) is 11.1. The van der Waals surface area contributed by atoms with Gasteiger partial charge in [0.15, 0.2) is 0 Å². The van der Waals surface area contributed by atoms with Crippen LogP contribution in [0.3, 0.4) is 0 Å². The molecule has 0 unspecified atom stereocenters. The monoisotopic (exact) mass is 360 g/mol. The van der Waals surface area contributed by atoms with Gasteiger partial charge in [-0.05, 0) is 33.6 Å². The summed E-state index contributed by atoms with van der Waals surface area (Å²) in [5.41, 5.74) is 1.96. The van der Waals surface area contributed by atoms with E-state index in [1.165, 1.54) is 11.3 Å². The van der Waals surface area contributed by atoms with E-state index in [-0.39, 0.29) is 0 Å². The van der Waals surface area contributed by atoms with Crippen molar-refractivity contribution in [2.75, 3.05) is 0 Å². The van der Waals surface area contributed by atoms with E-state index in [0.29, 0.717) is 9.35 Å². The normalized spacial score (nSPS) is 10.4. The van der Waals surface area contributed by atoms with E-state index < -0.39 is 5.97 Å². The minimum atomic E-state index is -0.914. The van der Waals surface area contributed by atoms with Gasteiger partial charge in [0.2, 0.25) is 0 Å². The van der Waals surface area contributed by atoms with Crippen LogP contribution in [0.15, 0.2) is 37.9 Å². The maximum Gasteiger partial charge on any atom is 0.338 e. The lowest BCUT2D eigenvalue weighted by atomic mass is 10.1.